The highest BCUT2D eigenvalue weighted by Crippen LogP contribution is 2.40. The molecule has 0 heterocycles. The predicted octanol–water partition coefficient (Wildman–Crippen LogP) is 1.57. The highest BCUT2D eigenvalue weighted by Gasteiger charge is 2.43. The normalized spacial score (nSPS) is 15.6. The van der Waals surface area contributed by atoms with Crippen LogP contribution in [0.5, 0.6) is 0 Å². The van der Waals surface area contributed by atoms with Gasteiger partial charge in [-0.3, -0.25) is 14.4 Å². The first kappa shape index (κ1) is 16.2. The monoisotopic (exact) mass is 314 g/mol. The van der Waals surface area contributed by atoms with E-state index in [9.17, 15) is 19.5 Å². The molecule has 0 bridgehead atoms. The van der Waals surface area contributed by atoms with E-state index in [-0.39, 0.29) is 11.3 Å². The third-order valence-electron chi connectivity index (χ3n) is 3.72. The van der Waals surface area contributed by atoms with Crippen LogP contribution in [0.25, 0.3) is 10.6 Å². The van der Waals surface area contributed by atoms with E-state index in [4.69, 9.17) is 11.7 Å². The van der Waals surface area contributed by atoms with Gasteiger partial charge in [-0.25, -0.2) is 4.85 Å². The minimum absolute atomic E-state index is 0.226. The van der Waals surface area contributed by atoms with Crippen molar-refractivity contribution in [2.24, 2.45) is 0 Å². The van der Waals surface area contributed by atoms with Crippen molar-refractivity contribution < 1.29 is 24.6 Å². The van der Waals surface area contributed by atoms with E-state index in [1.807, 2.05) is 0 Å². The van der Waals surface area contributed by atoms with Crippen LogP contribution in [0.15, 0.2) is 23.8 Å². The molecule has 0 saturated carbocycles. The Morgan fingerprint density at radius 3 is 2.57 bits per heavy atom. The highest BCUT2D eigenvalue weighted by atomic mass is 16.4. The standard InChI is InChI=1S/C16H14N2O5/c1-16(2)10-5-4-8(17-3)6-9(10)13(21)12(14(16)22)15(23)18-7-11(19)20/h4-6,21H,7H2,1-2H3,(H,18,23)(H,19,20). The molecular formula is C16H14N2O5. The molecule has 0 aromatic heterocycles. The molecule has 3 N–H and O–H groups in total. The second-order valence-corrected chi connectivity index (χ2v) is 5.60. The molecule has 1 aromatic rings. The first-order valence-electron chi connectivity index (χ1n) is 6.70. The zero-order valence-corrected chi connectivity index (χ0v) is 12.5. The van der Waals surface area contributed by atoms with Gasteiger partial charge in [0.05, 0.1) is 12.0 Å². The smallest absolute Gasteiger partial charge is 0.322 e. The topological polar surface area (TPSA) is 108 Å². The van der Waals surface area contributed by atoms with Gasteiger partial charge >= 0.3 is 5.97 Å². The first-order valence-corrected chi connectivity index (χ1v) is 6.70. The summed E-state index contributed by atoms with van der Waals surface area (Å²) in [5.74, 6) is -3.38. The molecule has 0 spiro atoms. The second kappa shape index (κ2) is 5.57. The number of aliphatic hydroxyl groups is 1. The maximum Gasteiger partial charge on any atom is 0.322 e. The van der Waals surface area contributed by atoms with Gasteiger partial charge < -0.3 is 15.5 Å². The van der Waals surface area contributed by atoms with Crippen LogP contribution in [0.1, 0.15) is 25.0 Å². The molecule has 1 amide bonds. The van der Waals surface area contributed by atoms with Crippen molar-refractivity contribution in [3.8, 4) is 0 Å². The summed E-state index contributed by atoms with van der Waals surface area (Å²) in [7, 11) is 0. The molecule has 0 aliphatic heterocycles. The van der Waals surface area contributed by atoms with Crippen molar-refractivity contribution >= 4 is 29.1 Å². The lowest BCUT2D eigenvalue weighted by Gasteiger charge is -2.32. The van der Waals surface area contributed by atoms with Crippen LogP contribution in [0, 0.1) is 6.57 Å². The van der Waals surface area contributed by atoms with Gasteiger partial charge in [0.2, 0.25) is 0 Å². The van der Waals surface area contributed by atoms with Crippen molar-refractivity contribution in [2.45, 2.75) is 19.3 Å². The SMILES string of the molecule is [C-]#[N+]c1ccc2c(c1)C(O)=C(C(=O)NCC(=O)O)C(=O)C2(C)C. The number of aliphatic hydroxyl groups excluding tert-OH is 1. The Morgan fingerprint density at radius 1 is 1.35 bits per heavy atom. The fourth-order valence-corrected chi connectivity index (χ4v) is 2.47. The van der Waals surface area contributed by atoms with Gasteiger partial charge in [0.25, 0.3) is 5.91 Å². The molecule has 2 rings (SSSR count). The Morgan fingerprint density at radius 2 is 2.00 bits per heavy atom. The van der Waals surface area contributed by atoms with Crippen LogP contribution < -0.4 is 5.32 Å². The summed E-state index contributed by atoms with van der Waals surface area (Å²) in [4.78, 5) is 38.5. The molecule has 0 radical (unpaired) electrons. The van der Waals surface area contributed by atoms with Gasteiger partial charge in [0.1, 0.15) is 17.9 Å². The Kier molecular flexibility index (Phi) is 3.93. The number of hydrogen-bond acceptors (Lipinski definition) is 4. The van der Waals surface area contributed by atoms with Crippen LogP contribution in [0.4, 0.5) is 5.69 Å². The Hall–Kier alpha value is -3.14. The molecule has 0 saturated heterocycles. The third-order valence-corrected chi connectivity index (χ3v) is 3.72. The number of nitrogens with one attached hydrogen (secondary N) is 1. The number of hydrogen-bond donors (Lipinski definition) is 3. The maximum atomic E-state index is 12.6. The number of Topliss-reactive ketones (excluding diaryl/α,β-unsaturated/α-hetero) is 1. The molecule has 23 heavy (non-hydrogen) atoms. The molecule has 0 atom stereocenters. The van der Waals surface area contributed by atoms with Gasteiger partial charge in [0, 0.05) is 5.56 Å². The van der Waals surface area contributed by atoms with Gasteiger partial charge in [-0.2, -0.15) is 0 Å². The number of nitrogens with zero attached hydrogens (tertiary/aromatic N) is 1. The average molecular weight is 314 g/mol. The van der Waals surface area contributed by atoms with Gasteiger partial charge in [0.15, 0.2) is 11.5 Å². The van der Waals surface area contributed by atoms with Crippen molar-refractivity contribution in [3.63, 3.8) is 0 Å². The number of ketones is 1. The van der Waals surface area contributed by atoms with Crippen molar-refractivity contribution in [2.75, 3.05) is 6.54 Å². The summed E-state index contributed by atoms with van der Waals surface area (Å²) in [5.41, 5.74) is -0.597. The second-order valence-electron chi connectivity index (χ2n) is 5.60. The number of aliphatic carboxylic acids is 1. The van der Waals surface area contributed by atoms with Crippen LogP contribution in [-0.4, -0.2) is 34.4 Å². The minimum Gasteiger partial charge on any atom is -0.506 e. The molecule has 7 heteroatoms. The number of fused-ring (bicyclic) bond motifs is 1. The van der Waals surface area contributed by atoms with Crippen LogP contribution in [-0.2, 0) is 19.8 Å². The van der Waals surface area contributed by atoms with Crippen LogP contribution in [0.2, 0.25) is 0 Å². The molecule has 0 unspecified atom stereocenters. The number of benzene rings is 1. The predicted molar refractivity (Wildman–Crippen MR) is 80.9 cm³/mol. The molecule has 0 fully saturated rings. The maximum absolute atomic E-state index is 12.6. The lowest BCUT2D eigenvalue weighted by molar-refractivity contribution is -0.138. The zero-order valence-electron chi connectivity index (χ0n) is 12.5. The molecule has 1 aliphatic carbocycles. The Balaban J connectivity index is 2.61. The summed E-state index contributed by atoms with van der Waals surface area (Å²) < 4.78 is 0. The molecule has 118 valence electrons. The summed E-state index contributed by atoms with van der Waals surface area (Å²) in [5, 5.41) is 21.0. The number of carboxylic acid groups (broad SMARTS) is 1. The van der Waals surface area contributed by atoms with E-state index >= 15 is 0 Å². The van der Waals surface area contributed by atoms with E-state index in [1.54, 1.807) is 19.9 Å². The van der Waals surface area contributed by atoms with E-state index in [0.29, 0.717) is 5.56 Å². The lowest BCUT2D eigenvalue weighted by Crippen LogP contribution is -2.42. The molecule has 1 aliphatic rings. The number of carbonyl (C=O) groups is 3. The van der Waals surface area contributed by atoms with Crippen LogP contribution >= 0.6 is 0 Å². The van der Waals surface area contributed by atoms with Crippen molar-refractivity contribution in [3.05, 3.63) is 46.3 Å². The summed E-state index contributed by atoms with van der Waals surface area (Å²) in [6.45, 7) is 9.56. The molecular weight excluding hydrogens is 300 g/mol. The summed E-state index contributed by atoms with van der Waals surface area (Å²) in [6.07, 6.45) is 0. The lowest BCUT2D eigenvalue weighted by atomic mass is 9.71. The van der Waals surface area contributed by atoms with Crippen molar-refractivity contribution in [1.29, 1.82) is 0 Å². The summed E-state index contributed by atoms with van der Waals surface area (Å²) >= 11 is 0. The number of amides is 1. The van der Waals surface area contributed by atoms with E-state index in [2.05, 4.69) is 10.2 Å². The minimum atomic E-state index is -1.27. The van der Waals surface area contributed by atoms with E-state index < -0.39 is 41.0 Å². The van der Waals surface area contributed by atoms with Gasteiger partial charge in [-0.15, -0.1) is 0 Å². The largest absolute Gasteiger partial charge is 0.506 e. The number of carboxylic acids is 1. The Labute approximate surface area is 132 Å². The zero-order chi connectivity index (χ0) is 17.4. The van der Waals surface area contributed by atoms with E-state index in [0.717, 1.165) is 0 Å². The molecule has 1 aromatic carbocycles. The number of rotatable bonds is 3. The third kappa shape index (κ3) is 2.66. The molecule has 7 nitrogen and oxygen atoms in total. The van der Waals surface area contributed by atoms with Crippen LogP contribution in [0.3, 0.4) is 0 Å². The fourth-order valence-electron chi connectivity index (χ4n) is 2.47. The van der Waals surface area contributed by atoms with Gasteiger partial charge in [-0.1, -0.05) is 12.1 Å². The van der Waals surface area contributed by atoms with Gasteiger partial charge in [-0.05, 0) is 25.5 Å². The first-order chi connectivity index (χ1) is 10.7. The van der Waals surface area contributed by atoms with Crippen molar-refractivity contribution in [1.82, 2.24) is 5.32 Å². The number of carbonyl (C=O) groups excluding carboxylic acids is 2. The average Bonchev–Trinajstić information content (AvgIpc) is 2.51. The highest BCUT2D eigenvalue weighted by molar-refractivity contribution is 6.28. The Bertz CT molecular complexity index is 799. The summed E-state index contributed by atoms with van der Waals surface area (Å²) in [6, 6.07) is 4.50. The fraction of sp³-hybridized carbons (Fsp3) is 0.250. The quantitative estimate of drug-likeness (QED) is 0.579. The van der Waals surface area contributed by atoms with E-state index in [1.165, 1.54) is 12.1 Å².